The van der Waals surface area contributed by atoms with Crippen LogP contribution in [0.4, 0.5) is 30.7 Å². The minimum absolute atomic E-state index is 0.0811. The number of halogens is 7. The molecule has 0 aliphatic carbocycles. The normalized spacial score (nSPS) is 15.3. The maximum atomic E-state index is 16.0. The number of nitrogens with one attached hydrogen (secondary N) is 1. The van der Waals surface area contributed by atoms with Crippen LogP contribution in [0.3, 0.4) is 0 Å². The lowest BCUT2D eigenvalue weighted by molar-refractivity contribution is -0.152. The average Bonchev–Trinajstić information content (AvgIpc) is 3.06. The molecule has 11 heteroatoms. The fourth-order valence-electron chi connectivity index (χ4n) is 4.01. The Morgan fingerprint density at radius 2 is 1.49 bits per heavy atom. The Morgan fingerprint density at radius 3 is 2.00 bits per heavy atom. The Morgan fingerprint density at radius 1 is 0.892 bits per heavy atom. The van der Waals surface area contributed by atoms with Crippen molar-refractivity contribution in [1.29, 1.82) is 0 Å². The van der Waals surface area contributed by atoms with E-state index in [1.54, 1.807) is 20.8 Å². The quantitative estimate of drug-likeness (QED) is 0.257. The van der Waals surface area contributed by atoms with Crippen LogP contribution in [0.25, 0.3) is 22.0 Å². The third-order valence-electron chi connectivity index (χ3n) is 5.60. The van der Waals surface area contributed by atoms with Gasteiger partial charge in [-0.1, -0.05) is 51.1 Å². The van der Waals surface area contributed by atoms with E-state index in [1.807, 2.05) is 0 Å². The van der Waals surface area contributed by atoms with E-state index in [1.165, 1.54) is 43.5 Å². The number of hydrogen-bond donors (Lipinski definition) is 1. The maximum absolute atomic E-state index is 16.0. The zero-order valence-electron chi connectivity index (χ0n) is 21.2. The Labute approximate surface area is 214 Å². The van der Waals surface area contributed by atoms with Gasteiger partial charge in [-0.2, -0.15) is 26.3 Å². The number of fused-ring (bicyclic) bond motifs is 1. The fraction of sp³-hybridized carbons (Fsp3) is 0.462. The van der Waals surface area contributed by atoms with Crippen LogP contribution in [-0.4, -0.2) is 20.0 Å². The molecule has 1 unspecified atom stereocenters. The van der Waals surface area contributed by atoms with Crippen LogP contribution < -0.4 is 4.72 Å². The zero-order valence-corrected chi connectivity index (χ0v) is 22.1. The highest BCUT2D eigenvalue weighted by molar-refractivity contribution is 7.90. The van der Waals surface area contributed by atoms with Crippen LogP contribution >= 0.6 is 0 Å². The van der Waals surface area contributed by atoms with E-state index in [0.717, 1.165) is 24.4 Å². The molecular weight excluding hydrogens is 521 g/mol. The lowest BCUT2D eigenvalue weighted by atomic mass is 9.95. The Bertz CT molecular complexity index is 1270. The molecule has 0 saturated heterocycles. The average molecular weight is 551 g/mol. The van der Waals surface area contributed by atoms with Crippen molar-refractivity contribution in [2.24, 2.45) is 5.41 Å². The molecule has 0 fully saturated rings. The summed E-state index contributed by atoms with van der Waals surface area (Å²) in [6, 6.07) is 4.31. The standard InChI is InChI=1S/C26H29F7N2OS/c1-23(2,3)14-35-13-18(22(26(31,32)33)34-37(36)24(4,5)6)17-12-11-16(20(27)21(17)35)15-9-7-8-10-19(15)25(28,29)30/h7-13,22,34H,14H2,1-6H3/t22-,37?/m0/s1. The van der Waals surface area contributed by atoms with Gasteiger partial charge >= 0.3 is 12.4 Å². The van der Waals surface area contributed by atoms with Gasteiger partial charge in [0.1, 0.15) is 4.75 Å². The molecule has 0 amide bonds. The van der Waals surface area contributed by atoms with E-state index in [9.17, 15) is 30.9 Å². The van der Waals surface area contributed by atoms with Crippen LogP contribution in [-0.2, 0) is 24.1 Å². The molecule has 3 rings (SSSR count). The summed E-state index contributed by atoms with van der Waals surface area (Å²) in [7, 11) is 0. The molecule has 0 aliphatic heterocycles. The van der Waals surface area contributed by atoms with Crippen molar-refractivity contribution in [2.75, 3.05) is 0 Å². The van der Waals surface area contributed by atoms with E-state index in [2.05, 4.69) is 4.72 Å². The van der Waals surface area contributed by atoms with Crippen molar-refractivity contribution in [2.45, 2.75) is 71.2 Å². The summed E-state index contributed by atoms with van der Waals surface area (Å²) < 4.78 is 115. The molecular formula is C26H29F7N2OS. The highest BCUT2D eigenvalue weighted by atomic mass is 32.2. The highest BCUT2D eigenvalue weighted by Gasteiger charge is 2.47. The predicted molar refractivity (Wildman–Crippen MR) is 132 cm³/mol. The molecule has 1 heterocycles. The molecule has 0 radical (unpaired) electrons. The van der Waals surface area contributed by atoms with Crippen molar-refractivity contribution in [3.63, 3.8) is 0 Å². The van der Waals surface area contributed by atoms with Gasteiger partial charge in [-0.05, 0) is 37.8 Å². The number of aromatic nitrogens is 1. The molecule has 2 atom stereocenters. The van der Waals surface area contributed by atoms with Crippen LogP contribution in [0.1, 0.15) is 58.7 Å². The Balaban J connectivity index is 2.33. The molecule has 37 heavy (non-hydrogen) atoms. The lowest BCUT2D eigenvalue weighted by Gasteiger charge is -2.29. The SMILES string of the molecule is CC(C)(C)Cn1cc([C@H](N[S+]([O-])C(C)(C)C)C(F)(F)F)c2ccc(-c3ccccc3C(F)(F)F)c(F)c21. The molecule has 0 aliphatic rings. The van der Waals surface area contributed by atoms with E-state index < -0.39 is 56.9 Å². The summed E-state index contributed by atoms with van der Waals surface area (Å²) >= 11 is -2.12. The summed E-state index contributed by atoms with van der Waals surface area (Å²) in [4.78, 5) is 0. The topological polar surface area (TPSA) is 40.0 Å². The van der Waals surface area contributed by atoms with Gasteiger partial charge in [-0.15, -0.1) is 4.72 Å². The summed E-state index contributed by atoms with van der Waals surface area (Å²) in [5.41, 5.74) is -2.98. The van der Waals surface area contributed by atoms with Crippen molar-refractivity contribution >= 4 is 22.3 Å². The number of rotatable bonds is 5. The molecule has 0 bridgehead atoms. The van der Waals surface area contributed by atoms with Gasteiger partial charge < -0.3 is 9.12 Å². The largest absolute Gasteiger partial charge is 0.598 e. The highest BCUT2D eigenvalue weighted by Crippen LogP contribution is 2.43. The number of alkyl halides is 6. The van der Waals surface area contributed by atoms with Gasteiger partial charge in [0.15, 0.2) is 11.9 Å². The van der Waals surface area contributed by atoms with Crippen LogP contribution in [0.15, 0.2) is 42.6 Å². The smallest absolute Gasteiger partial charge is 0.417 e. The maximum Gasteiger partial charge on any atom is 0.417 e. The summed E-state index contributed by atoms with van der Waals surface area (Å²) in [5.74, 6) is -1.07. The second kappa shape index (κ2) is 9.81. The molecule has 1 N–H and O–H groups in total. The van der Waals surface area contributed by atoms with Crippen molar-refractivity contribution < 1.29 is 35.3 Å². The first-order chi connectivity index (χ1) is 16.7. The first-order valence-electron chi connectivity index (χ1n) is 11.4. The molecule has 0 saturated carbocycles. The van der Waals surface area contributed by atoms with Crippen molar-refractivity contribution in [3.05, 3.63) is 59.5 Å². The summed E-state index contributed by atoms with van der Waals surface area (Å²) in [6.45, 7) is 10.0. The van der Waals surface area contributed by atoms with Crippen LogP contribution in [0.5, 0.6) is 0 Å². The number of hydrogen-bond acceptors (Lipinski definition) is 2. The van der Waals surface area contributed by atoms with E-state index >= 15 is 4.39 Å². The minimum atomic E-state index is -4.89. The van der Waals surface area contributed by atoms with Gasteiger partial charge in [0, 0.05) is 40.6 Å². The van der Waals surface area contributed by atoms with E-state index in [-0.39, 0.29) is 28.6 Å². The van der Waals surface area contributed by atoms with E-state index in [0.29, 0.717) is 0 Å². The molecule has 0 spiro atoms. The second-order valence-electron chi connectivity index (χ2n) is 11.1. The molecule has 2 aromatic carbocycles. The lowest BCUT2D eigenvalue weighted by Crippen LogP contribution is -2.45. The molecule has 3 nitrogen and oxygen atoms in total. The fourth-order valence-corrected chi connectivity index (χ4v) is 4.84. The monoisotopic (exact) mass is 550 g/mol. The second-order valence-corrected chi connectivity index (χ2v) is 13.1. The summed E-state index contributed by atoms with van der Waals surface area (Å²) in [5, 5.41) is -0.129. The molecule has 3 aromatic rings. The first-order valence-corrected chi connectivity index (χ1v) is 12.6. The van der Waals surface area contributed by atoms with Gasteiger partial charge in [-0.25, -0.2) is 4.39 Å². The van der Waals surface area contributed by atoms with Gasteiger partial charge in [0.2, 0.25) is 0 Å². The Hall–Kier alpha value is -2.24. The molecule has 204 valence electrons. The number of benzene rings is 2. The zero-order chi connectivity index (χ0) is 28.1. The van der Waals surface area contributed by atoms with Gasteiger partial charge in [0.25, 0.3) is 0 Å². The van der Waals surface area contributed by atoms with Crippen LogP contribution in [0.2, 0.25) is 0 Å². The number of nitrogens with zero attached hydrogens (tertiary/aromatic N) is 1. The predicted octanol–water partition coefficient (Wildman–Crippen LogP) is 8.17. The summed E-state index contributed by atoms with van der Waals surface area (Å²) in [6.07, 6.45) is -8.51. The van der Waals surface area contributed by atoms with Crippen LogP contribution in [0, 0.1) is 11.2 Å². The van der Waals surface area contributed by atoms with Crippen molar-refractivity contribution in [3.8, 4) is 11.1 Å². The Kier molecular flexibility index (Phi) is 7.78. The minimum Gasteiger partial charge on any atom is -0.598 e. The third kappa shape index (κ3) is 6.43. The van der Waals surface area contributed by atoms with E-state index in [4.69, 9.17) is 0 Å². The van der Waals surface area contributed by atoms with Gasteiger partial charge in [-0.3, -0.25) is 0 Å². The first kappa shape index (κ1) is 29.3. The van der Waals surface area contributed by atoms with Crippen molar-refractivity contribution in [1.82, 2.24) is 9.29 Å². The third-order valence-corrected chi connectivity index (χ3v) is 7.16. The molecule has 1 aromatic heterocycles. The van der Waals surface area contributed by atoms with Gasteiger partial charge in [0.05, 0.1) is 11.1 Å².